The number of rotatable bonds is 1. The predicted octanol–water partition coefficient (Wildman–Crippen LogP) is 1.13. The van der Waals surface area contributed by atoms with Crippen molar-refractivity contribution in [3.8, 4) is 0 Å². The molecule has 0 saturated heterocycles. The van der Waals surface area contributed by atoms with Gasteiger partial charge in [-0.1, -0.05) is 0 Å². The van der Waals surface area contributed by atoms with E-state index in [9.17, 15) is 38.9 Å². The van der Waals surface area contributed by atoms with Gasteiger partial charge in [-0.25, -0.2) is 0 Å². The van der Waals surface area contributed by atoms with Gasteiger partial charge in [0.15, 0.2) is 0 Å². The van der Waals surface area contributed by atoms with E-state index in [4.69, 9.17) is 17.5 Å². The van der Waals surface area contributed by atoms with Gasteiger partial charge in [-0.05, 0) is 0 Å². The third kappa shape index (κ3) is 31.7. The van der Waals surface area contributed by atoms with Crippen molar-refractivity contribution < 1.29 is 60.6 Å². The minimum Gasteiger partial charge on any atom is -0.418 e. The van der Waals surface area contributed by atoms with Crippen LogP contribution < -0.4 is 0 Å². The normalized spacial score (nSPS) is 12.7. The van der Waals surface area contributed by atoms with Crippen molar-refractivity contribution in [1.82, 2.24) is 0 Å². The molecule has 17 heteroatoms. The summed E-state index contributed by atoms with van der Waals surface area (Å²) in [4.78, 5) is 0. The first kappa shape index (κ1) is 23.4. The highest BCUT2D eigenvalue weighted by Crippen LogP contribution is 2.20. The molecule has 2 N–H and O–H groups in total. The van der Waals surface area contributed by atoms with Gasteiger partial charge in [-0.15, -0.1) is 0 Å². The molecule has 0 aromatic carbocycles. The molecule has 0 amide bonds. The van der Waals surface area contributed by atoms with E-state index in [0.29, 0.717) is 0 Å². The summed E-state index contributed by atoms with van der Waals surface area (Å²) in [6.07, 6.45) is 0. The van der Waals surface area contributed by atoms with Gasteiger partial charge in [-0.2, -0.15) is 30.0 Å². The van der Waals surface area contributed by atoms with Crippen molar-refractivity contribution in [2.45, 2.75) is 5.51 Å². The van der Waals surface area contributed by atoms with E-state index in [1.165, 1.54) is 0 Å². The minimum absolute atomic E-state index is 0.870. The molecule has 0 bridgehead atoms. The summed E-state index contributed by atoms with van der Waals surface area (Å²) in [6.45, 7) is 0. The molecule has 0 fully saturated rings. The van der Waals surface area contributed by atoms with Crippen LogP contribution in [0.5, 0.6) is 0 Å². The van der Waals surface area contributed by atoms with Crippen LogP contribution in [0.3, 0.4) is 0 Å². The van der Waals surface area contributed by atoms with Crippen LogP contribution in [0.4, 0.5) is 30.4 Å². The average molecular weight is 349 g/mol. The third-order valence-corrected chi connectivity index (χ3v) is 1.51. The van der Waals surface area contributed by atoms with Crippen LogP contribution in [0.2, 0.25) is 0 Å². The first-order valence-corrected chi connectivity index (χ1v) is 6.06. The van der Waals surface area contributed by atoms with Gasteiger partial charge in [-0.3, -0.25) is 13.3 Å². The SMILES string of the molecule is COS(=O)(=O)O.F[B-](F)(F)F.O=S(=O)(O)C(F)(F)F. The zero-order chi connectivity index (χ0) is 16.7. The number of halogens is 7. The summed E-state index contributed by atoms with van der Waals surface area (Å²) in [5, 5.41) is 0. The average Bonchev–Trinajstić information content (AvgIpc) is 1.96. The fourth-order valence-electron chi connectivity index (χ4n) is 0. The summed E-state index contributed by atoms with van der Waals surface area (Å²) in [5.41, 5.74) is -5.53. The highest BCUT2D eigenvalue weighted by molar-refractivity contribution is 7.86. The molecule has 0 saturated carbocycles. The Morgan fingerprint density at radius 3 is 1.05 bits per heavy atom. The molecule has 120 valence electrons. The van der Waals surface area contributed by atoms with Crippen LogP contribution in [-0.4, -0.2) is 45.8 Å². The monoisotopic (exact) mass is 349 g/mol. The maximum atomic E-state index is 10.7. The maximum absolute atomic E-state index is 10.7. The molecule has 19 heavy (non-hydrogen) atoms. The van der Waals surface area contributed by atoms with E-state index < -0.39 is 33.3 Å². The number of hydrogen-bond donors (Lipinski definition) is 2. The lowest BCUT2D eigenvalue weighted by atomic mass is 10.3. The molecular weight excluding hydrogens is 344 g/mol. The molecule has 0 aliphatic carbocycles. The molecule has 0 unspecified atom stereocenters. The minimum atomic E-state index is -6.00. The smallest absolute Gasteiger partial charge is 0.418 e. The lowest BCUT2D eigenvalue weighted by Crippen LogP contribution is -2.21. The van der Waals surface area contributed by atoms with Gasteiger partial charge in [0.1, 0.15) is 0 Å². The molecule has 0 radical (unpaired) electrons. The Hall–Kier alpha value is -0.645. The largest absolute Gasteiger partial charge is 0.673 e. The molecule has 0 rings (SSSR count). The summed E-state index contributed by atoms with van der Waals surface area (Å²) in [7, 11) is -15.1. The molecule has 0 spiro atoms. The summed E-state index contributed by atoms with van der Waals surface area (Å²) in [5.74, 6) is 0. The van der Waals surface area contributed by atoms with E-state index >= 15 is 0 Å². The van der Waals surface area contributed by atoms with Crippen molar-refractivity contribution in [2.75, 3.05) is 7.11 Å². The summed E-state index contributed by atoms with van der Waals surface area (Å²) < 4.78 is 126. The van der Waals surface area contributed by atoms with E-state index in [1.54, 1.807) is 0 Å². The van der Waals surface area contributed by atoms with Gasteiger partial charge >= 0.3 is 33.3 Å². The summed E-state index contributed by atoms with van der Waals surface area (Å²) >= 11 is 0. The van der Waals surface area contributed by atoms with Crippen molar-refractivity contribution in [1.29, 1.82) is 0 Å². The van der Waals surface area contributed by atoms with Crippen LogP contribution >= 0.6 is 0 Å². The van der Waals surface area contributed by atoms with Gasteiger partial charge in [0.05, 0.1) is 7.11 Å². The standard InChI is InChI=1S/CHF3O3S.CH4O4S.BF4/c2-1(3,4)8(5,6)7;1-5-6(2,3)4;2-1(3,4)5/h(H,5,6,7);1H3,(H,2,3,4);/q;;-1. The lowest BCUT2D eigenvalue weighted by molar-refractivity contribution is -0.0510. The molecule has 0 aliphatic heterocycles. The Bertz CT molecular complexity index is 427. The molecule has 0 aromatic heterocycles. The molecule has 0 aliphatic rings. The topological polar surface area (TPSA) is 118 Å². The Kier molecular flexibility index (Phi) is 9.66. The van der Waals surface area contributed by atoms with Crippen LogP contribution in [0.1, 0.15) is 0 Å². The van der Waals surface area contributed by atoms with Crippen molar-refractivity contribution in [3.05, 3.63) is 0 Å². The second-order valence-electron chi connectivity index (χ2n) is 2.01. The molecule has 0 heterocycles. The highest BCUT2D eigenvalue weighted by atomic mass is 32.3. The first-order chi connectivity index (χ1) is 7.81. The molecule has 0 aromatic rings. The maximum Gasteiger partial charge on any atom is 0.673 e. The Morgan fingerprint density at radius 2 is 1.05 bits per heavy atom. The quantitative estimate of drug-likeness (QED) is 0.315. The van der Waals surface area contributed by atoms with Crippen molar-refractivity contribution in [3.63, 3.8) is 0 Å². The van der Waals surface area contributed by atoms with Crippen LogP contribution in [0, 0.1) is 0 Å². The fraction of sp³-hybridized carbons (Fsp3) is 1.00. The zero-order valence-corrected chi connectivity index (χ0v) is 10.1. The molecule has 0 atom stereocenters. The lowest BCUT2D eigenvalue weighted by Gasteiger charge is -1.97. The van der Waals surface area contributed by atoms with E-state index in [2.05, 4.69) is 4.18 Å². The number of alkyl halides is 3. The van der Waals surface area contributed by atoms with Crippen molar-refractivity contribution >= 4 is 27.8 Å². The number of hydrogen-bond acceptors (Lipinski definition) is 5. The van der Waals surface area contributed by atoms with E-state index in [1.807, 2.05) is 0 Å². The van der Waals surface area contributed by atoms with E-state index in [-0.39, 0.29) is 0 Å². The van der Waals surface area contributed by atoms with Crippen LogP contribution in [-0.2, 0) is 24.7 Å². The fourth-order valence-corrected chi connectivity index (χ4v) is 0. The Balaban J connectivity index is -0.000000209. The van der Waals surface area contributed by atoms with Gasteiger partial charge in [0.25, 0.3) is 0 Å². The second kappa shape index (κ2) is 7.83. The predicted molar refractivity (Wildman–Crippen MR) is 46.3 cm³/mol. The van der Waals surface area contributed by atoms with Crippen molar-refractivity contribution in [2.24, 2.45) is 0 Å². The Morgan fingerprint density at radius 1 is 0.947 bits per heavy atom. The van der Waals surface area contributed by atoms with Crippen LogP contribution in [0.15, 0.2) is 0 Å². The van der Waals surface area contributed by atoms with Gasteiger partial charge < -0.3 is 17.3 Å². The summed E-state index contributed by atoms with van der Waals surface area (Å²) in [6, 6.07) is 0. The second-order valence-corrected chi connectivity index (χ2v) is 4.61. The van der Waals surface area contributed by atoms with Gasteiger partial charge in [0.2, 0.25) is 0 Å². The molecular formula is C2H5BF7O7S2-. The van der Waals surface area contributed by atoms with Crippen LogP contribution in [0.25, 0.3) is 0 Å². The van der Waals surface area contributed by atoms with Gasteiger partial charge in [0, 0.05) is 0 Å². The highest BCUT2D eigenvalue weighted by Gasteiger charge is 2.44. The zero-order valence-electron chi connectivity index (χ0n) is 8.48. The first-order valence-electron chi connectivity index (χ1n) is 3.25. The van der Waals surface area contributed by atoms with E-state index in [0.717, 1.165) is 7.11 Å². The third-order valence-electron chi connectivity index (χ3n) is 0.503. The molecule has 7 nitrogen and oxygen atoms in total. The Labute approximate surface area is 102 Å².